The molecule has 0 aliphatic heterocycles. The van der Waals surface area contributed by atoms with Gasteiger partial charge in [-0.25, -0.2) is 0 Å². The predicted molar refractivity (Wildman–Crippen MR) is 69.7 cm³/mol. The molecule has 1 N–H and O–H groups in total. The van der Waals surface area contributed by atoms with Crippen molar-refractivity contribution in [1.29, 1.82) is 0 Å². The summed E-state index contributed by atoms with van der Waals surface area (Å²) < 4.78 is 0. The van der Waals surface area contributed by atoms with Crippen LogP contribution in [0.1, 0.15) is 48.7 Å². The van der Waals surface area contributed by atoms with E-state index in [1.807, 2.05) is 6.07 Å². The second-order valence-corrected chi connectivity index (χ2v) is 5.22. The Kier molecular flexibility index (Phi) is 2.85. The van der Waals surface area contributed by atoms with Gasteiger partial charge in [0.1, 0.15) is 5.76 Å². The first-order valence-corrected chi connectivity index (χ1v) is 6.01. The van der Waals surface area contributed by atoms with E-state index in [0.717, 1.165) is 18.1 Å². The second kappa shape index (κ2) is 4.09. The Balaban J connectivity index is 2.61. The number of fused-ring (bicyclic) bond motifs is 1. The second-order valence-electron chi connectivity index (χ2n) is 5.22. The van der Waals surface area contributed by atoms with Crippen LogP contribution in [0.3, 0.4) is 0 Å². The number of ketones is 2. The molecule has 1 aliphatic rings. The minimum absolute atomic E-state index is 0.0604. The van der Waals surface area contributed by atoms with Crippen LogP contribution in [-0.4, -0.2) is 16.7 Å². The fourth-order valence-electron chi connectivity index (χ4n) is 1.98. The van der Waals surface area contributed by atoms with E-state index in [4.69, 9.17) is 0 Å². The summed E-state index contributed by atoms with van der Waals surface area (Å²) in [5.74, 6) is -1.33. The van der Waals surface area contributed by atoms with Crippen molar-refractivity contribution >= 4 is 17.3 Å². The van der Waals surface area contributed by atoms with Crippen molar-refractivity contribution in [3.63, 3.8) is 0 Å². The molecule has 1 aromatic rings. The summed E-state index contributed by atoms with van der Waals surface area (Å²) in [5.41, 5.74) is 1.68. The van der Waals surface area contributed by atoms with E-state index < -0.39 is 11.6 Å². The van der Waals surface area contributed by atoms with E-state index in [9.17, 15) is 14.7 Å². The molecule has 2 rings (SSSR count). The molecule has 0 aromatic heterocycles. The van der Waals surface area contributed by atoms with Crippen LogP contribution in [0.4, 0.5) is 0 Å². The van der Waals surface area contributed by atoms with Gasteiger partial charge in [0, 0.05) is 17.2 Å². The number of benzene rings is 1. The largest absolute Gasteiger partial charge is 0.507 e. The van der Waals surface area contributed by atoms with Crippen LogP contribution in [-0.2, 0) is 10.2 Å². The molecule has 0 radical (unpaired) electrons. The van der Waals surface area contributed by atoms with Crippen molar-refractivity contribution in [2.45, 2.75) is 32.6 Å². The van der Waals surface area contributed by atoms with Gasteiger partial charge >= 0.3 is 0 Å². The Labute approximate surface area is 106 Å². The zero-order chi connectivity index (χ0) is 13.5. The van der Waals surface area contributed by atoms with Gasteiger partial charge in [0.15, 0.2) is 0 Å². The van der Waals surface area contributed by atoms with Crippen molar-refractivity contribution in [3.05, 3.63) is 41.0 Å². The fourth-order valence-corrected chi connectivity index (χ4v) is 1.98. The van der Waals surface area contributed by atoms with Crippen LogP contribution in [0.25, 0.3) is 5.76 Å². The first-order chi connectivity index (χ1) is 8.36. The first kappa shape index (κ1) is 12.6. The number of hydrogen-bond acceptors (Lipinski definition) is 3. The Morgan fingerprint density at radius 2 is 1.83 bits per heavy atom. The SMILES string of the molecule is CCC(C)(C)c1ccc2c(c1)C(=O)C(=O)C=C2O. The highest BCUT2D eigenvalue weighted by molar-refractivity contribution is 6.50. The quantitative estimate of drug-likeness (QED) is 0.813. The lowest BCUT2D eigenvalue weighted by Gasteiger charge is -2.25. The van der Waals surface area contributed by atoms with Crippen molar-refractivity contribution in [2.24, 2.45) is 0 Å². The third-order valence-electron chi connectivity index (χ3n) is 3.70. The molecule has 1 aromatic carbocycles. The summed E-state index contributed by atoms with van der Waals surface area (Å²) in [7, 11) is 0. The molecule has 0 spiro atoms. The van der Waals surface area contributed by atoms with Gasteiger partial charge in [-0.2, -0.15) is 0 Å². The molecule has 1 aliphatic carbocycles. The number of aliphatic hydroxyl groups is 1. The van der Waals surface area contributed by atoms with Crippen molar-refractivity contribution in [1.82, 2.24) is 0 Å². The van der Waals surface area contributed by atoms with Crippen LogP contribution in [0.2, 0.25) is 0 Å². The maximum Gasteiger partial charge on any atom is 0.233 e. The summed E-state index contributed by atoms with van der Waals surface area (Å²) in [4.78, 5) is 23.2. The summed E-state index contributed by atoms with van der Waals surface area (Å²) >= 11 is 0. The maximum atomic E-state index is 11.8. The molecule has 0 saturated heterocycles. The van der Waals surface area contributed by atoms with E-state index in [1.165, 1.54) is 0 Å². The smallest absolute Gasteiger partial charge is 0.233 e. The number of Topliss-reactive ketones (excluding diaryl/α,β-unsaturated/α-hetero) is 1. The minimum atomic E-state index is -0.661. The first-order valence-electron chi connectivity index (χ1n) is 6.01. The average Bonchev–Trinajstić information content (AvgIpc) is 2.35. The minimum Gasteiger partial charge on any atom is -0.507 e. The van der Waals surface area contributed by atoms with Gasteiger partial charge in [-0.05, 0) is 23.5 Å². The third kappa shape index (κ3) is 1.86. The molecule has 3 heteroatoms. The highest BCUT2D eigenvalue weighted by Gasteiger charge is 2.28. The predicted octanol–water partition coefficient (Wildman–Crippen LogP) is 3.04. The molecule has 0 bridgehead atoms. The number of carbonyl (C=O) groups excluding carboxylic acids is 2. The molecule has 0 heterocycles. The van der Waals surface area contributed by atoms with Crippen molar-refractivity contribution in [2.75, 3.05) is 0 Å². The van der Waals surface area contributed by atoms with Gasteiger partial charge in [-0.15, -0.1) is 0 Å². The van der Waals surface area contributed by atoms with E-state index in [0.29, 0.717) is 11.1 Å². The van der Waals surface area contributed by atoms with Gasteiger partial charge in [0.25, 0.3) is 0 Å². The summed E-state index contributed by atoms with van der Waals surface area (Å²) in [6, 6.07) is 5.33. The van der Waals surface area contributed by atoms with Crippen LogP contribution in [0.15, 0.2) is 24.3 Å². The lowest BCUT2D eigenvalue weighted by Crippen LogP contribution is -2.21. The van der Waals surface area contributed by atoms with Crippen LogP contribution in [0, 0.1) is 0 Å². The highest BCUT2D eigenvalue weighted by Crippen LogP contribution is 2.31. The molecular formula is C15H16O3. The molecule has 0 fully saturated rings. The summed E-state index contributed by atoms with van der Waals surface area (Å²) in [6.45, 7) is 6.24. The monoisotopic (exact) mass is 244 g/mol. The summed E-state index contributed by atoms with van der Waals surface area (Å²) in [6.07, 6.45) is 1.91. The normalized spacial score (nSPS) is 15.4. The molecule has 3 nitrogen and oxygen atoms in total. The van der Waals surface area contributed by atoms with E-state index >= 15 is 0 Å². The molecular weight excluding hydrogens is 228 g/mol. The number of carbonyl (C=O) groups is 2. The Bertz CT molecular complexity index is 565. The van der Waals surface area contributed by atoms with E-state index in [-0.39, 0.29) is 11.2 Å². The van der Waals surface area contributed by atoms with Gasteiger partial charge < -0.3 is 5.11 Å². The third-order valence-corrected chi connectivity index (χ3v) is 3.70. The Hall–Kier alpha value is -1.90. The van der Waals surface area contributed by atoms with Crippen LogP contribution in [0.5, 0.6) is 0 Å². The molecule has 0 amide bonds. The number of hydrogen-bond donors (Lipinski definition) is 1. The van der Waals surface area contributed by atoms with Crippen LogP contribution < -0.4 is 0 Å². The van der Waals surface area contributed by atoms with Gasteiger partial charge in [0.2, 0.25) is 11.6 Å². The fraction of sp³-hybridized carbons (Fsp3) is 0.333. The zero-order valence-corrected chi connectivity index (χ0v) is 10.8. The molecule has 0 unspecified atom stereocenters. The van der Waals surface area contributed by atoms with Crippen molar-refractivity contribution < 1.29 is 14.7 Å². The van der Waals surface area contributed by atoms with Gasteiger partial charge in [0.05, 0.1) is 0 Å². The molecule has 0 atom stereocenters. The molecule has 18 heavy (non-hydrogen) atoms. The van der Waals surface area contributed by atoms with Gasteiger partial charge in [-0.1, -0.05) is 32.9 Å². The lowest BCUT2D eigenvalue weighted by molar-refractivity contribution is -0.111. The summed E-state index contributed by atoms with van der Waals surface area (Å²) in [5, 5.41) is 9.69. The average molecular weight is 244 g/mol. The van der Waals surface area contributed by atoms with Gasteiger partial charge in [-0.3, -0.25) is 9.59 Å². The molecule has 94 valence electrons. The topological polar surface area (TPSA) is 54.4 Å². The van der Waals surface area contributed by atoms with Crippen LogP contribution >= 0.6 is 0 Å². The van der Waals surface area contributed by atoms with E-state index in [2.05, 4.69) is 20.8 Å². The number of allylic oxidation sites excluding steroid dienone is 1. The maximum absolute atomic E-state index is 11.8. The number of aliphatic hydroxyl groups excluding tert-OH is 1. The standard InChI is InChI=1S/C15H16O3/c1-4-15(2,3)9-5-6-10-11(7-9)14(18)13(17)8-12(10)16/h5-8,16H,4H2,1-3H3. The Morgan fingerprint density at radius 3 is 2.44 bits per heavy atom. The molecule has 0 saturated carbocycles. The highest BCUT2D eigenvalue weighted by atomic mass is 16.3. The zero-order valence-electron chi connectivity index (χ0n) is 10.8. The Morgan fingerprint density at radius 1 is 1.17 bits per heavy atom. The lowest BCUT2D eigenvalue weighted by atomic mass is 9.79. The number of rotatable bonds is 2. The van der Waals surface area contributed by atoms with E-state index in [1.54, 1.807) is 12.1 Å². The van der Waals surface area contributed by atoms with Crippen molar-refractivity contribution in [3.8, 4) is 0 Å².